The van der Waals surface area contributed by atoms with Gasteiger partial charge in [0.2, 0.25) is 0 Å². The first-order valence-electron chi connectivity index (χ1n) is 15.6. The van der Waals surface area contributed by atoms with E-state index in [0.29, 0.717) is 0 Å². The minimum Gasteiger partial charge on any atom is -0.282 e. The molecular weight excluding hydrogens is 464 g/mol. The largest absolute Gasteiger partial charge is 0.294 e. The summed E-state index contributed by atoms with van der Waals surface area (Å²) >= 11 is 0. The van der Waals surface area contributed by atoms with Crippen molar-refractivity contribution in [1.29, 1.82) is 0 Å². The number of rotatable bonds is 25. The first-order chi connectivity index (χ1) is 17.5. The molecule has 3 nitrogen and oxygen atoms in total. The highest BCUT2D eigenvalue weighted by Gasteiger charge is 2.17. The first-order valence-corrected chi connectivity index (χ1v) is 17.0. The van der Waals surface area contributed by atoms with Crippen molar-refractivity contribution in [3.05, 3.63) is 29.3 Å². The Kier molecular flexibility index (Phi) is 20.4. The van der Waals surface area contributed by atoms with Crippen molar-refractivity contribution in [2.24, 2.45) is 0 Å². The van der Waals surface area contributed by atoms with Gasteiger partial charge in [0.15, 0.2) is 0 Å². The molecule has 1 rings (SSSR count). The topological polar surface area (TPSA) is 54.4 Å². The standard InChI is InChI=1S/C32H58O3S/c1-3-5-7-9-11-13-15-17-19-21-23-26-30-27-25-29-32(36(33,34)35)31(30)28-24-22-20-18-16-14-12-10-8-6-4-2/h25,27,29H,3-24,26,28H2,1-2H3,(H,33,34,35). The monoisotopic (exact) mass is 522 g/mol. The average molecular weight is 523 g/mol. The zero-order valence-corrected chi connectivity index (χ0v) is 24.7. The van der Waals surface area contributed by atoms with Gasteiger partial charge < -0.3 is 0 Å². The molecule has 210 valence electrons. The summed E-state index contributed by atoms with van der Waals surface area (Å²) in [6, 6.07) is 5.44. The Balaban J connectivity index is 2.32. The molecule has 0 heterocycles. The maximum absolute atomic E-state index is 12.0. The molecule has 1 aromatic rings. The highest BCUT2D eigenvalue weighted by molar-refractivity contribution is 7.85. The van der Waals surface area contributed by atoms with E-state index in [9.17, 15) is 13.0 Å². The Morgan fingerprint density at radius 2 is 0.889 bits per heavy atom. The molecule has 0 aliphatic carbocycles. The maximum atomic E-state index is 12.0. The number of unbranched alkanes of at least 4 members (excludes halogenated alkanes) is 20. The van der Waals surface area contributed by atoms with Crippen LogP contribution in [0.25, 0.3) is 0 Å². The molecule has 0 aromatic heterocycles. The van der Waals surface area contributed by atoms with Crippen LogP contribution in [0.3, 0.4) is 0 Å². The fraction of sp³-hybridized carbons (Fsp3) is 0.812. The summed E-state index contributed by atoms with van der Waals surface area (Å²) in [7, 11) is -4.17. The summed E-state index contributed by atoms with van der Waals surface area (Å²) in [5.41, 5.74) is 1.98. The quantitative estimate of drug-likeness (QED) is 0.103. The predicted molar refractivity (Wildman–Crippen MR) is 157 cm³/mol. The number of aryl methyl sites for hydroxylation is 1. The van der Waals surface area contributed by atoms with Crippen LogP contribution in [-0.2, 0) is 23.0 Å². The van der Waals surface area contributed by atoms with Gasteiger partial charge >= 0.3 is 0 Å². The normalized spacial score (nSPS) is 11.9. The second kappa shape index (κ2) is 22.1. The zero-order chi connectivity index (χ0) is 26.3. The lowest BCUT2D eigenvalue weighted by molar-refractivity contribution is 0.481. The lowest BCUT2D eigenvalue weighted by Gasteiger charge is -2.14. The van der Waals surface area contributed by atoms with E-state index in [2.05, 4.69) is 19.9 Å². The van der Waals surface area contributed by atoms with E-state index >= 15 is 0 Å². The van der Waals surface area contributed by atoms with Crippen LogP contribution in [0, 0.1) is 0 Å². The molecule has 1 aromatic carbocycles. The Hall–Kier alpha value is -0.870. The number of benzene rings is 1. The van der Waals surface area contributed by atoms with Crippen molar-refractivity contribution >= 4 is 10.1 Å². The summed E-state index contributed by atoms with van der Waals surface area (Å²) in [5.74, 6) is 0. The van der Waals surface area contributed by atoms with Gasteiger partial charge in [-0.1, -0.05) is 154 Å². The minimum absolute atomic E-state index is 0.134. The van der Waals surface area contributed by atoms with Crippen molar-refractivity contribution in [3.63, 3.8) is 0 Å². The summed E-state index contributed by atoms with van der Waals surface area (Å²) < 4.78 is 33.8. The molecule has 0 radical (unpaired) electrons. The van der Waals surface area contributed by atoms with E-state index in [0.717, 1.165) is 43.2 Å². The molecule has 1 N–H and O–H groups in total. The van der Waals surface area contributed by atoms with E-state index < -0.39 is 10.1 Å². The third-order valence-electron chi connectivity index (χ3n) is 7.59. The summed E-state index contributed by atoms with van der Waals surface area (Å²) in [6.45, 7) is 4.52. The molecule has 0 saturated heterocycles. The summed E-state index contributed by atoms with van der Waals surface area (Å²) in [4.78, 5) is 0.134. The summed E-state index contributed by atoms with van der Waals surface area (Å²) in [5, 5.41) is 0. The van der Waals surface area contributed by atoms with Gasteiger partial charge in [-0.05, 0) is 42.9 Å². The van der Waals surface area contributed by atoms with Crippen LogP contribution < -0.4 is 0 Å². The Labute approximate surface area is 225 Å². The van der Waals surface area contributed by atoms with Crippen LogP contribution in [0.2, 0.25) is 0 Å². The van der Waals surface area contributed by atoms with E-state index in [1.807, 2.05) is 0 Å². The van der Waals surface area contributed by atoms with Crippen molar-refractivity contribution in [2.75, 3.05) is 0 Å². The van der Waals surface area contributed by atoms with Gasteiger partial charge in [-0.2, -0.15) is 8.42 Å². The fourth-order valence-corrected chi connectivity index (χ4v) is 6.11. The molecule has 36 heavy (non-hydrogen) atoms. The third kappa shape index (κ3) is 16.8. The van der Waals surface area contributed by atoms with Crippen LogP contribution in [0.5, 0.6) is 0 Å². The zero-order valence-electron chi connectivity index (χ0n) is 23.9. The fourth-order valence-electron chi connectivity index (χ4n) is 5.32. The van der Waals surface area contributed by atoms with Crippen LogP contribution in [0.4, 0.5) is 0 Å². The molecule has 0 atom stereocenters. The van der Waals surface area contributed by atoms with Crippen molar-refractivity contribution in [3.8, 4) is 0 Å². The molecule has 4 heteroatoms. The minimum atomic E-state index is -4.17. The third-order valence-corrected chi connectivity index (χ3v) is 8.53. The Morgan fingerprint density at radius 3 is 1.28 bits per heavy atom. The number of hydrogen-bond acceptors (Lipinski definition) is 2. The Morgan fingerprint density at radius 1 is 0.528 bits per heavy atom. The van der Waals surface area contributed by atoms with Gasteiger partial charge in [-0.15, -0.1) is 0 Å². The SMILES string of the molecule is CCCCCCCCCCCCCc1cccc(S(=O)(=O)O)c1CCCCCCCCCCCCC. The van der Waals surface area contributed by atoms with Gasteiger partial charge in [0, 0.05) is 0 Å². The predicted octanol–water partition coefficient (Wildman–Crippen LogP) is 10.6. The van der Waals surface area contributed by atoms with Crippen LogP contribution in [-0.4, -0.2) is 13.0 Å². The van der Waals surface area contributed by atoms with Gasteiger partial charge in [0.25, 0.3) is 10.1 Å². The first kappa shape index (κ1) is 33.2. The van der Waals surface area contributed by atoms with E-state index in [4.69, 9.17) is 0 Å². The van der Waals surface area contributed by atoms with Gasteiger partial charge in [-0.3, -0.25) is 4.55 Å². The van der Waals surface area contributed by atoms with Gasteiger partial charge in [-0.25, -0.2) is 0 Å². The van der Waals surface area contributed by atoms with Crippen molar-refractivity contribution in [2.45, 2.75) is 173 Å². The van der Waals surface area contributed by atoms with Gasteiger partial charge in [0.1, 0.15) is 0 Å². The second-order valence-electron chi connectivity index (χ2n) is 10.9. The Bertz CT molecular complexity index is 742. The van der Waals surface area contributed by atoms with Crippen LogP contribution >= 0.6 is 0 Å². The van der Waals surface area contributed by atoms with Crippen molar-refractivity contribution in [1.82, 2.24) is 0 Å². The van der Waals surface area contributed by atoms with Crippen LogP contribution in [0.1, 0.15) is 166 Å². The van der Waals surface area contributed by atoms with E-state index in [1.54, 1.807) is 12.1 Å². The highest BCUT2D eigenvalue weighted by Crippen LogP contribution is 2.25. The number of hydrogen-bond donors (Lipinski definition) is 1. The van der Waals surface area contributed by atoms with Crippen LogP contribution in [0.15, 0.2) is 23.1 Å². The van der Waals surface area contributed by atoms with E-state index in [-0.39, 0.29) is 4.90 Å². The lowest BCUT2D eigenvalue weighted by atomic mass is 9.96. The summed E-state index contributed by atoms with van der Waals surface area (Å²) in [6.07, 6.45) is 30.2. The average Bonchev–Trinajstić information content (AvgIpc) is 2.85. The molecule has 0 saturated carbocycles. The van der Waals surface area contributed by atoms with E-state index in [1.165, 1.54) is 122 Å². The van der Waals surface area contributed by atoms with Gasteiger partial charge in [0.05, 0.1) is 4.90 Å². The molecule has 0 aliphatic rings. The smallest absolute Gasteiger partial charge is 0.282 e. The second-order valence-corrected chi connectivity index (χ2v) is 12.3. The maximum Gasteiger partial charge on any atom is 0.294 e. The lowest BCUT2D eigenvalue weighted by Crippen LogP contribution is -2.07. The molecule has 0 fully saturated rings. The molecule has 0 spiro atoms. The molecule has 0 bridgehead atoms. The van der Waals surface area contributed by atoms with Crippen molar-refractivity contribution < 1.29 is 13.0 Å². The molecule has 0 unspecified atom stereocenters. The highest BCUT2D eigenvalue weighted by atomic mass is 32.2. The molecule has 0 amide bonds. The molecular formula is C32H58O3S. The molecule has 0 aliphatic heterocycles.